The molecule has 1 atom stereocenters. The summed E-state index contributed by atoms with van der Waals surface area (Å²) in [6.45, 7) is 3.50. The molecule has 0 saturated heterocycles. The minimum atomic E-state index is -0.0622. The van der Waals surface area contributed by atoms with Gasteiger partial charge in [0.25, 0.3) is 0 Å². The van der Waals surface area contributed by atoms with Gasteiger partial charge in [-0.1, -0.05) is 23.2 Å². The molecule has 0 bridgehead atoms. The molecule has 0 aliphatic carbocycles. The monoisotopic (exact) mass is 390 g/mol. The van der Waals surface area contributed by atoms with Crippen molar-refractivity contribution in [2.45, 2.75) is 19.4 Å². The van der Waals surface area contributed by atoms with Gasteiger partial charge in [-0.05, 0) is 49.2 Å². The number of H-pyrrole nitrogens is 1. The number of methoxy groups -OCH3 is 1. The Kier molecular flexibility index (Phi) is 4.74. The third kappa shape index (κ3) is 2.92. The average molecular weight is 391 g/mol. The van der Waals surface area contributed by atoms with Gasteiger partial charge in [0.15, 0.2) is 0 Å². The second-order valence-electron chi connectivity index (χ2n) is 6.30. The van der Waals surface area contributed by atoms with Crippen LogP contribution in [0.2, 0.25) is 10.0 Å². The van der Waals surface area contributed by atoms with E-state index in [4.69, 9.17) is 32.7 Å². The minimum Gasteiger partial charge on any atom is -0.495 e. The van der Waals surface area contributed by atoms with Gasteiger partial charge < -0.3 is 19.8 Å². The third-order valence-electron chi connectivity index (χ3n) is 4.79. The number of fused-ring (bicyclic) bond motifs is 3. The van der Waals surface area contributed by atoms with Crippen molar-refractivity contribution >= 4 is 34.1 Å². The van der Waals surface area contributed by atoms with E-state index in [0.717, 1.165) is 35.5 Å². The molecule has 1 aliphatic heterocycles. The van der Waals surface area contributed by atoms with Crippen molar-refractivity contribution < 1.29 is 9.47 Å². The van der Waals surface area contributed by atoms with Crippen LogP contribution in [0.25, 0.3) is 10.9 Å². The van der Waals surface area contributed by atoms with Gasteiger partial charge in [0.1, 0.15) is 11.5 Å². The molecule has 0 radical (unpaired) electrons. The SMILES string of the molecule is CCOc1ccc2[nH]c3c(c2c1)CCNC3c1cc(Cl)cc(Cl)c1OC. The van der Waals surface area contributed by atoms with Crippen molar-refractivity contribution in [3.8, 4) is 11.5 Å². The van der Waals surface area contributed by atoms with Gasteiger partial charge in [0.2, 0.25) is 0 Å². The number of nitrogens with one attached hydrogen (secondary N) is 2. The molecule has 2 heterocycles. The van der Waals surface area contributed by atoms with Crippen molar-refractivity contribution in [1.82, 2.24) is 10.3 Å². The lowest BCUT2D eigenvalue weighted by Crippen LogP contribution is -2.30. The van der Waals surface area contributed by atoms with E-state index in [1.807, 2.05) is 19.1 Å². The van der Waals surface area contributed by atoms with Crippen LogP contribution in [0.15, 0.2) is 30.3 Å². The number of hydrogen-bond acceptors (Lipinski definition) is 3. The van der Waals surface area contributed by atoms with Crippen molar-refractivity contribution in [2.75, 3.05) is 20.3 Å². The summed E-state index contributed by atoms with van der Waals surface area (Å²) in [6.07, 6.45) is 0.942. The summed E-state index contributed by atoms with van der Waals surface area (Å²) in [7, 11) is 1.63. The van der Waals surface area contributed by atoms with Crippen molar-refractivity contribution in [1.29, 1.82) is 0 Å². The van der Waals surface area contributed by atoms with Gasteiger partial charge in [-0.3, -0.25) is 0 Å². The highest BCUT2D eigenvalue weighted by Gasteiger charge is 2.28. The average Bonchev–Trinajstić information content (AvgIpc) is 2.99. The van der Waals surface area contributed by atoms with Gasteiger partial charge in [-0.2, -0.15) is 0 Å². The Hall–Kier alpha value is -1.88. The van der Waals surface area contributed by atoms with Crippen LogP contribution < -0.4 is 14.8 Å². The van der Waals surface area contributed by atoms with E-state index in [9.17, 15) is 0 Å². The van der Waals surface area contributed by atoms with Crippen LogP contribution in [0, 0.1) is 0 Å². The van der Waals surface area contributed by atoms with E-state index in [0.29, 0.717) is 22.4 Å². The van der Waals surface area contributed by atoms with Crippen LogP contribution in [0.1, 0.15) is 29.8 Å². The lowest BCUT2D eigenvalue weighted by molar-refractivity contribution is 0.340. The molecule has 0 amide bonds. The van der Waals surface area contributed by atoms with Crippen LogP contribution in [0.5, 0.6) is 11.5 Å². The van der Waals surface area contributed by atoms with Crippen LogP contribution in [0.3, 0.4) is 0 Å². The lowest BCUT2D eigenvalue weighted by Gasteiger charge is -2.26. The summed E-state index contributed by atoms with van der Waals surface area (Å²) in [4.78, 5) is 3.56. The van der Waals surface area contributed by atoms with Crippen molar-refractivity contribution in [3.05, 3.63) is 57.2 Å². The van der Waals surface area contributed by atoms with Crippen LogP contribution >= 0.6 is 23.2 Å². The van der Waals surface area contributed by atoms with Crippen LogP contribution in [-0.2, 0) is 6.42 Å². The summed E-state index contributed by atoms with van der Waals surface area (Å²) in [5.74, 6) is 1.54. The topological polar surface area (TPSA) is 46.3 Å². The number of halogens is 2. The fraction of sp³-hybridized carbons (Fsp3) is 0.300. The zero-order valence-corrected chi connectivity index (χ0v) is 16.2. The predicted octanol–water partition coefficient (Wildman–Crippen LogP) is 5.12. The summed E-state index contributed by atoms with van der Waals surface area (Å²) in [6, 6.07) is 9.72. The predicted molar refractivity (Wildman–Crippen MR) is 106 cm³/mol. The van der Waals surface area contributed by atoms with Gasteiger partial charge in [0, 0.05) is 33.7 Å². The first-order chi connectivity index (χ1) is 12.6. The molecule has 136 valence electrons. The van der Waals surface area contributed by atoms with Gasteiger partial charge in [-0.25, -0.2) is 0 Å². The van der Waals surface area contributed by atoms with E-state index in [1.165, 1.54) is 10.9 Å². The van der Waals surface area contributed by atoms with Crippen LogP contribution in [-0.4, -0.2) is 25.2 Å². The van der Waals surface area contributed by atoms with Crippen LogP contribution in [0.4, 0.5) is 0 Å². The third-order valence-corrected chi connectivity index (χ3v) is 5.28. The first-order valence-electron chi connectivity index (χ1n) is 8.66. The number of ether oxygens (including phenoxy) is 2. The number of aromatic amines is 1. The van der Waals surface area contributed by atoms with Crippen molar-refractivity contribution in [3.63, 3.8) is 0 Å². The van der Waals surface area contributed by atoms with Crippen molar-refractivity contribution in [2.24, 2.45) is 0 Å². The minimum absolute atomic E-state index is 0.0622. The number of hydrogen-bond donors (Lipinski definition) is 2. The summed E-state index contributed by atoms with van der Waals surface area (Å²) in [5.41, 5.74) is 4.45. The van der Waals surface area contributed by atoms with E-state index in [-0.39, 0.29) is 6.04 Å². The highest BCUT2D eigenvalue weighted by molar-refractivity contribution is 6.35. The van der Waals surface area contributed by atoms with Gasteiger partial charge in [0.05, 0.1) is 24.8 Å². The molecule has 2 N–H and O–H groups in total. The maximum absolute atomic E-state index is 6.35. The van der Waals surface area contributed by atoms with Gasteiger partial charge >= 0.3 is 0 Å². The highest BCUT2D eigenvalue weighted by Crippen LogP contribution is 2.41. The molecule has 6 heteroatoms. The second-order valence-corrected chi connectivity index (χ2v) is 7.15. The molecular weight excluding hydrogens is 371 g/mol. The summed E-state index contributed by atoms with van der Waals surface area (Å²) < 4.78 is 11.2. The zero-order chi connectivity index (χ0) is 18.3. The quantitative estimate of drug-likeness (QED) is 0.649. The molecule has 4 nitrogen and oxygen atoms in total. The Bertz CT molecular complexity index is 968. The largest absolute Gasteiger partial charge is 0.495 e. The maximum Gasteiger partial charge on any atom is 0.142 e. The molecule has 1 unspecified atom stereocenters. The molecule has 3 aromatic rings. The first-order valence-corrected chi connectivity index (χ1v) is 9.41. The van der Waals surface area contributed by atoms with Gasteiger partial charge in [-0.15, -0.1) is 0 Å². The molecule has 0 saturated carbocycles. The van der Waals surface area contributed by atoms with E-state index in [1.54, 1.807) is 13.2 Å². The fourth-order valence-corrected chi connectivity index (χ4v) is 4.33. The second kappa shape index (κ2) is 7.03. The molecule has 4 rings (SSSR count). The number of rotatable bonds is 4. The Labute approximate surface area is 162 Å². The molecule has 1 aromatic heterocycles. The molecule has 1 aliphatic rings. The Balaban J connectivity index is 1.87. The van der Waals surface area contributed by atoms with E-state index < -0.39 is 0 Å². The zero-order valence-electron chi connectivity index (χ0n) is 14.7. The summed E-state index contributed by atoms with van der Waals surface area (Å²) in [5, 5.41) is 5.87. The molecule has 26 heavy (non-hydrogen) atoms. The molecule has 2 aromatic carbocycles. The summed E-state index contributed by atoms with van der Waals surface area (Å²) >= 11 is 12.6. The first kappa shape index (κ1) is 17.5. The van der Waals surface area contributed by atoms with E-state index in [2.05, 4.69) is 22.4 Å². The normalized spacial score (nSPS) is 16.5. The number of benzene rings is 2. The fourth-order valence-electron chi connectivity index (χ4n) is 3.74. The Morgan fingerprint density at radius 1 is 1.19 bits per heavy atom. The lowest BCUT2D eigenvalue weighted by atomic mass is 9.93. The maximum atomic E-state index is 6.35. The molecule has 0 fully saturated rings. The molecular formula is C20H20Cl2N2O2. The Morgan fingerprint density at radius 2 is 2.04 bits per heavy atom. The molecule has 0 spiro atoms. The Morgan fingerprint density at radius 3 is 2.81 bits per heavy atom. The van der Waals surface area contributed by atoms with E-state index >= 15 is 0 Å². The smallest absolute Gasteiger partial charge is 0.142 e. The number of aromatic nitrogens is 1. The highest BCUT2D eigenvalue weighted by atomic mass is 35.5. The standard InChI is InChI=1S/C20H20Cl2N2O2/c1-3-26-12-4-5-17-14(10-12)13-6-7-23-18(19(13)24-17)15-8-11(21)9-16(22)20(15)25-2/h4-5,8-10,18,23-24H,3,6-7H2,1-2H3.